The van der Waals surface area contributed by atoms with E-state index in [1.54, 1.807) is 0 Å². The van der Waals surface area contributed by atoms with Crippen LogP contribution in [-0.4, -0.2) is 43.2 Å². The molecule has 0 bridgehead atoms. The number of nitrogens with two attached hydrogens (primary N) is 1. The summed E-state index contributed by atoms with van der Waals surface area (Å²) in [4.78, 5) is 19.8. The Hall–Kier alpha value is -2.67. The topological polar surface area (TPSA) is 92.8 Å². The predicted molar refractivity (Wildman–Crippen MR) is 124 cm³/mol. The van der Waals surface area contributed by atoms with Crippen molar-refractivity contribution >= 4 is 21.7 Å². The van der Waals surface area contributed by atoms with Crippen molar-refractivity contribution in [2.75, 3.05) is 18.1 Å². The second-order valence-electron chi connectivity index (χ2n) is 7.94. The zero-order valence-corrected chi connectivity index (χ0v) is 18.9. The minimum absolute atomic E-state index is 0.169. The first-order valence-corrected chi connectivity index (χ1v) is 12.7. The summed E-state index contributed by atoms with van der Waals surface area (Å²) in [5.41, 5.74) is 6.59. The first kappa shape index (κ1) is 23.0. The van der Waals surface area contributed by atoms with E-state index in [0.29, 0.717) is 32.2 Å². The van der Waals surface area contributed by atoms with E-state index < -0.39 is 15.4 Å². The van der Waals surface area contributed by atoms with Crippen molar-refractivity contribution in [3.63, 3.8) is 0 Å². The van der Waals surface area contributed by atoms with Crippen molar-refractivity contribution in [2.24, 2.45) is 10.7 Å². The van der Waals surface area contributed by atoms with Crippen molar-refractivity contribution in [2.45, 2.75) is 44.6 Å². The maximum Gasteiger partial charge on any atom is 0.266 e. The number of carbonyl (C=O) groups is 1. The van der Waals surface area contributed by atoms with Crippen molar-refractivity contribution < 1.29 is 13.2 Å². The summed E-state index contributed by atoms with van der Waals surface area (Å²) in [6, 6.07) is 18.9. The van der Waals surface area contributed by atoms with Crippen LogP contribution in [0.4, 0.5) is 0 Å². The smallest absolute Gasteiger partial charge is 0.266 e. The zero-order valence-electron chi connectivity index (χ0n) is 18.0. The molecule has 0 saturated heterocycles. The van der Waals surface area contributed by atoms with E-state index >= 15 is 0 Å². The molecule has 7 heteroatoms. The van der Waals surface area contributed by atoms with Gasteiger partial charge in [0.15, 0.2) is 11.5 Å². The van der Waals surface area contributed by atoms with E-state index in [-0.39, 0.29) is 23.4 Å². The Morgan fingerprint density at radius 3 is 1.97 bits per heavy atom. The third-order valence-corrected chi connectivity index (χ3v) is 7.46. The van der Waals surface area contributed by atoms with E-state index in [1.165, 1.54) is 4.90 Å². The lowest BCUT2D eigenvalue weighted by molar-refractivity contribution is -0.130. The molecular weight excluding hydrogens is 410 g/mol. The lowest BCUT2D eigenvalue weighted by Crippen LogP contribution is -2.44. The fraction of sp³-hybridized carbons (Fsp3) is 0.417. The number of rotatable bonds is 11. The molecule has 2 aromatic carbocycles. The number of benzene rings is 2. The monoisotopic (exact) mass is 441 g/mol. The van der Waals surface area contributed by atoms with Gasteiger partial charge in [-0.25, -0.2) is 13.4 Å². The Morgan fingerprint density at radius 2 is 1.42 bits per heavy atom. The van der Waals surface area contributed by atoms with Crippen LogP contribution in [0.25, 0.3) is 0 Å². The second kappa shape index (κ2) is 10.1. The molecule has 0 spiro atoms. The normalized spacial score (nSPS) is 15.8. The van der Waals surface area contributed by atoms with E-state index in [0.717, 1.165) is 17.5 Å². The number of hydrogen-bond acceptors (Lipinski definition) is 5. The summed E-state index contributed by atoms with van der Waals surface area (Å²) in [6.45, 7) is 2.41. The van der Waals surface area contributed by atoms with Crippen molar-refractivity contribution in [3.05, 3.63) is 71.8 Å². The highest BCUT2D eigenvalue weighted by Crippen LogP contribution is 2.39. The fourth-order valence-corrected chi connectivity index (χ4v) is 5.51. The molecule has 6 nitrogen and oxygen atoms in total. The van der Waals surface area contributed by atoms with Crippen LogP contribution in [0.15, 0.2) is 65.7 Å². The summed E-state index contributed by atoms with van der Waals surface area (Å²) in [5.74, 6) is 0.485. The van der Waals surface area contributed by atoms with E-state index in [1.807, 2.05) is 67.6 Å². The second-order valence-corrected chi connectivity index (χ2v) is 10.2. The quantitative estimate of drug-likeness (QED) is 0.540. The summed E-state index contributed by atoms with van der Waals surface area (Å²) in [6.07, 6.45) is 3.56. The first-order chi connectivity index (χ1) is 14.9. The molecule has 0 radical (unpaired) electrons. The van der Waals surface area contributed by atoms with Crippen LogP contribution in [0.5, 0.6) is 0 Å². The Morgan fingerprint density at radius 1 is 0.871 bits per heavy atom. The van der Waals surface area contributed by atoms with Crippen molar-refractivity contribution in [3.8, 4) is 0 Å². The Balaban J connectivity index is 1.70. The van der Waals surface area contributed by atoms with Gasteiger partial charge in [-0.15, -0.1) is 0 Å². The molecule has 31 heavy (non-hydrogen) atoms. The molecule has 0 atom stereocenters. The number of hydrogen-bond donors (Lipinski definition) is 1. The number of nitrogens with zero attached hydrogens (tertiary/aromatic N) is 2. The minimum atomic E-state index is -2.98. The van der Waals surface area contributed by atoms with Crippen LogP contribution >= 0.6 is 0 Å². The average molecular weight is 442 g/mol. The molecular formula is C24H31N3O3S. The van der Waals surface area contributed by atoms with Crippen molar-refractivity contribution in [1.82, 2.24) is 4.90 Å². The van der Waals surface area contributed by atoms with E-state index in [4.69, 9.17) is 5.73 Å². The van der Waals surface area contributed by atoms with Crippen LogP contribution in [0.3, 0.4) is 0 Å². The van der Waals surface area contributed by atoms with Crippen LogP contribution in [0.2, 0.25) is 0 Å². The molecule has 1 aliphatic rings. The molecule has 1 aliphatic heterocycles. The molecule has 166 valence electrons. The Labute approximate surface area is 185 Å². The summed E-state index contributed by atoms with van der Waals surface area (Å²) < 4.78 is 24.0. The van der Waals surface area contributed by atoms with Gasteiger partial charge in [0.25, 0.3) is 5.91 Å². The van der Waals surface area contributed by atoms with Gasteiger partial charge < -0.3 is 5.73 Å². The van der Waals surface area contributed by atoms with Crippen LogP contribution in [0.1, 0.15) is 50.2 Å². The minimum Gasteiger partial charge on any atom is -0.369 e. The van der Waals surface area contributed by atoms with Gasteiger partial charge in [0.1, 0.15) is 9.84 Å². The molecule has 1 heterocycles. The number of guanidine groups is 1. The molecule has 0 saturated carbocycles. The predicted octanol–water partition coefficient (Wildman–Crippen LogP) is 3.47. The SMILES string of the molecule is CCCCS(=O)(=O)CCCCCN1C(=O)C(c2ccccc2)(c2ccccc2)N=C1N. The van der Waals surface area contributed by atoms with Crippen LogP contribution < -0.4 is 5.73 Å². The molecule has 3 rings (SSSR count). The third-order valence-electron chi connectivity index (χ3n) is 5.64. The molecule has 0 aromatic heterocycles. The number of carbonyl (C=O) groups excluding carboxylic acids is 1. The molecule has 1 amide bonds. The molecule has 2 aromatic rings. The van der Waals surface area contributed by atoms with E-state index in [2.05, 4.69) is 4.99 Å². The van der Waals surface area contributed by atoms with E-state index in [9.17, 15) is 13.2 Å². The first-order valence-electron chi connectivity index (χ1n) is 10.9. The number of amides is 1. The van der Waals surface area contributed by atoms with Gasteiger partial charge in [-0.05, 0) is 30.4 Å². The zero-order chi connectivity index (χ0) is 22.3. The standard InChI is InChI=1S/C24H31N3O3S/c1-2-3-18-31(29,30)19-12-6-11-17-27-22(28)24(26-23(27)25,20-13-7-4-8-14-20)21-15-9-5-10-16-21/h4-5,7-10,13-16H,2-3,6,11-12,17-19H2,1H3,(H2,25,26). The highest BCUT2D eigenvalue weighted by molar-refractivity contribution is 7.91. The lowest BCUT2D eigenvalue weighted by atomic mass is 9.83. The fourth-order valence-electron chi connectivity index (χ4n) is 3.93. The van der Waals surface area contributed by atoms with Gasteiger partial charge in [0.05, 0.1) is 11.5 Å². The molecule has 2 N–H and O–H groups in total. The van der Waals surface area contributed by atoms with Gasteiger partial charge in [0.2, 0.25) is 0 Å². The largest absolute Gasteiger partial charge is 0.369 e. The highest BCUT2D eigenvalue weighted by Gasteiger charge is 2.50. The Bertz CT molecular complexity index is 965. The maximum absolute atomic E-state index is 13.6. The molecule has 0 aliphatic carbocycles. The van der Waals surface area contributed by atoms with Gasteiger partial charge in [-0.1, -0.05) is 80.4 Å². The third kappa shape index (κ3) is 5.15. The molecule has 0 fully saturated rings. The summed E-state index contributed by atoms with van der Waals surface area (Å²) >= 11 is 0. The van der Waals surface area contributed by atoms with Crippen LogP contribution in [-0.2, 0) is 20.2 Å². The Kier molecular flexibility index (Phi) is 7.49. The van der Waals surface area contributed by atoms with Crippen molar-refractivity contribution in [1.29, 1.82) is 0 Å². The van der Waals surface area contributed by atoms with Crippen LogP contribution in [0, 0.1) is 0 Å². The molecule has 0 unspecified atom stereocenters. The van der Waals surface area contributed by atoms with Gasteiger partial charge in [-0.2, -0.15) is 0 Å². The average Bonchev–Trinajstić information content (AvgIpc) is 3.04. The van der Waals surface area contributed by atoms with Gasteiger partial charge >= 0.3 is 0 Å². The van der Waals surface area contributed by atoms with Gasteiger partial charge in [-0.3, -0.25) is 9.69 Å². The summed E-state index contributed by atoms with van der Waals surface area (Å²) in [5, 5.41) is 0. The van der Waals surface area contributed by atoms with Gasteiger partial charge in [0, 0.05) is 6.54 Å². The lowest BCUT2D eigenvalue weighted by Gasteiger charge is -2.27. The number of aliphatic imine (C=N–C) groups is 1. The number of sulfone groups is 1. The highest BCUT2D eigenvalue weighted by atomic mass is 32.2. The number of unbranched alkanes of at least 4 members (excludes halogenated alkanes) is 3. The summed E-state index contributed by atoms with van der Waals surface area (Å²) in [7, 11) is -2.98. The maximum atomic E-state index is 13.6.